The second-order valence-corrected chi connectivity index (χ2v) is 4.96. The number of nitrogens with one attached hydrogen (secondary N) is 2. The van der Waals surface area contributed by atoms with Gasteiger partial charge in [-0.1, -0.05) is 20.8 Å². The molecule has 1 heterocycles. The van der Waals surface area contributed by atoms with Crippen LogP contribution in [0.3, 0.4) is 0 Å². The van der Waals surface area contributed by atoms with Gasteiger partial charge in [0.05, 0.1) is 0 Å². The second-order valence-electron chi connectivity index (χ2n) is 4.96. The van der Waals surface area contributed by atoms with Gasteiger partial charge in [-0.3, -0.25) is 15.4 Å². The van der Waals surface area contributed by atoms with Crippen molar-refractivity contribution in [3.05, 3.63) is 0 Å². The molecular formula is C10H18F2N2O. The number of halogens is 2. The minimum absolute atomic E-state index is 0.00946. The topological polar surface area (TPSA) is 41.1 Å². The summed E-state index contributed by atoms with van der Waals surface area (Å²) in [7, 11) is 0. The Morgan fingerprint density at radius 1 is 1.27 bits per heavy atom. The normalized spacial score (nSPS) is 28.1. The Balaban J connectivity index is 2.48. The fraction of sp³-hybridized carbons (Fsp3) is 0.900. The van der Waals surface area contributed by atoms with Crippen LogP contribution in [0.25, 0.3) is 0 Å². The van der Waals surface area contributed by atoms with Crippen LogP contribution in [-0.2, 0) is 4.79 Å². The molecule has 88 valence electrons. The maximum Gasteiger partial charge on any atom is 0.243 e. The van der Waals surface area contributed by atoms with Gasteiger partial charge in [0.15, 0.2) is 5.78 Å². The van der Waals surface area contributed by atoms with Crippen LogP contribution < -0.4 is 10.6 Å². The molecule has 0 aromatic carbocycles. The maximum absolute atomic E-state index is 12.3. The van der Waals surface area contributed by atoms with Crippen LogP contribution in [0.5, 0.6) is 0 Å². The summed E-state index contributed by atoms with van der Waals surface area (Å²) in [5, 5.41) is 5.63. The molecule has 3 nitrogen and oxygen atoms in total. The maximum atomic E-state index is 12.3. The Hall–Kier alpha value is -0.550. The van der Waals surface area contributed by atoms with Gasteiger partial charge in [-0.15, -0.1) is 0 Å². The predicted molar refractivity (Wildman–Crippen MR) is 53.7 cm³/mol. The lowest BCUT2D eigenvalue weighted by Gasteiger charge is -2.33. The lowest BCUT2D eigenvalue weighted by Crippen LogP contribution is -2.60. The van der Waals surface area contributed by atoms with Crippen LogP contribution in [0.1, 0.15) is 20.8 Å². The van der Waals surface area contributed by atoms with Crippen LogP contribution in [0.2, 0.25) is 0 Å². The minimum atomic E-state index is -2.34. The summed E-state index contributed by atoms with van der Waals surface area (Å²) in [6, 6.07) is 0. The number of Topliss-reactive ketones (excluding diaryl/α,β-unsaturated/α-hetero) is 1. The molecule has 0 aliphatic carbocycles. The highest BCUT2D eigenvalue weighted by atomic mass is 19.3. The van der Waals surface area contributed by atoms with Gasteiger partial charge in [-0.2, -0.15) is 0 Å². The molecule has 1 rings (SSSR count). The van der Waals surface area contributed by atoms with E-state index in [1.807, 2.05) is 20.8 Å². The Morgan fingerprint density at radius 2 is 1.73 bits per heavy atom. The van der Waals surface area contributed by atoms with Crippen LogP contribution in [0, 0.1) is 11.3 Å². The van der Waals surface area contributed by atoms with E-state index in [-0.39, 0.29) is 18.9 Å². The molecule has 0 saturated carbocycles. The zero-order valence-corrected chi connectivity index (χ0v) is 9.31. The fourth-order valence-electron chi connectivity index (χ4n) is 1.48. The molecule has 0 radical (unpaired) electrons. The van der Waals surface area contributed by atoms with E-state index in [4.69, 9.17) is 0 Å². The molecule has 1 fully saturated rings. The third-order valence-corrected chi connectivity index (χ3v) is 2.53. The number of hydrogen-bond acceptors (Lipinski definition) is 3. The summed E-state index contributed by atoms with van der Waals surface area (Å²) in [6.07, 6.45) is -2.82. The van der Waals surface area contributed by atoms with Crippen molar-refractivity contribution in [2.24, 2.45) is 11.3 Å². The SMILES string of the molecule is CC(C)(C)C(=O)C1NCC(C(F)F)CN1. The van der Waals surface area contributed by atoms with Gasteiger partial charge in [-0.05, 0) is 0 Å². The van der Waals surface area contributed by atoms with E-state index in [2.05, 4.69) is 10.6 Å². The molecule has 0 spiro atoms. The number of hydrogen-bond donors (Lipinski definition) is 2. The van der Waals surface area contributed by atoms with Crippen LogP contribution in [-0.4, -0.2) is 31.5 Å². The molecule has 0 bridgehead atoms. The molecular weight excluding hydrogens is 202 g/mol. The summed E-state index contributed by atoms with van der Waals surface area (Å²) in [5.74, 6) is -0.691. The van der Waals surface area contributed by atoms with Crippen molar-refractivity contribution in [1.82, 2.24) is 10.6 Å². The molecule has 2 N–H and O–H groups in total. The molecule has 0 unspecified atom stereocenters. The summed E-state index contributed by atoms with van der Waals surface area (Å²) in [5.41, 5.74) is -0.456. The van der Waals surface area contributed by atoms with Gasteiger partial charge >= 0.3 is 0 Å². The first-order valence-electron chi connectivity index (χ1n) is 5.11. The Morgan fingerprint density at radius 3 is 2.07 bits per heavy atom. The van der Waals surface area contributed by atoms with Gasteiger partial charge in [0.25, 0.3) is 0 Å². The van der Waals surface area contributed by atoms with Gasteiger partial charge in [0.2, 0.25) is 6.43 Å². The molecule has 1 saturated heterocycles. The van der Waals surface area contributed by atoms with Crippen molar-refractivity contribution < 1.29 is 13.6 Å². The predicted octanol–water partition coefficient (Wildman–Crippen LogP) is 1.00. The quantitative estimate of drug-likeness (QED) is 0.729. The van der Waals surface area contributed by atoms with Gasteiger partial charge in [0, 0.05) is 24.4 Å². The molecule has 0 atom stereocenters. The van der Waals surface area contributed by atoms with Crippen molar-refractivity contribution in [3.63, 3.8) is 0 Å². The monoisotopic (exact) mass is 220 g/mol. The van der Waals surface area contributed by atoms with Crippen molar-refractivity contribution in [1.29, 1.82) is 0 Å². The lowest BCUT2D eigenvalue weighted by molar-refractivity contribution is -0.130. The first-order chi connectivity index (χ1) is 6.82. The third-order valence-electron chi connectivity index (χ3n) is 2.53. The molecule has 5 heteroatoms. The summed E-state index contributed by atoms with van der Waals surface area (Å²) < 4.78 is 24.6. The van der Waals surface area contributed by atoms with Gasteiger partial charge in [-0.25, -0.2) is 8.78 Å². The molecule has 0 aromatic heterocycles. The molecule has 1 aliphatic heterocycles. The molecule has 0 amide bonds. The Labute approximate surface area is 88.6 Å². The number of carbonyl (C=O) groups is 1. The average Bonchev–Trinajstić information content (AvgIpc) is 2.15. The zero-order valence-electron chi connectivity index (χ0n) is 9.31. The van der Waals surface area contributed by atoms with Crippen LogP contribution >= 0.6 is 0 Å². The Bertz CT molecular complexity index is 230. The highest BCUT2D eigenvalue weighted by Gasteiger charge is 2.34. The number of carbonyl (C=O) groups excluding carboxylic acids is 1. The number of rotatable bonds is 2. The highest BCUT2D eigenvalue weighted by Crippen LogP contribution is 2.18. The number of ketones is 1. The Kier molecular flexibility index (Phi) is 3.78. The van der Waals surface area contributed by atoms with E-state index >= 15 is 0 Å². The highest BCUT2D eigenvalue weighted by molar-refractivity contribution is 5.88. The molecule has 15 heavy (non-hydrogen) atoms. The smallest absolute Gasteiger partial charge is 0.243 e. The summed E-state index contributed by atoms with van der Waals surface area (Å²) in [6.45, 7) is 5.84. The van der Waals surface area contributed by atoms with Gasteiger partial charge < -0.3 is 0 Å². The van der Waals surface area contributed by atoms with Crippen molar-refractivity contribution in [3.8, 4) is 0 Å². The van der Waals surface area contributed by atoms with Crippen molar-refractivity contribution >= 4 is 5.78 Å². The first-order valence-corrected chi connectivity index (χ1v) is 5.11. The largest absolute Gasteiger partial charge is 0.296 e. The average molecular weight is 220 g/mol. The lowest BCUT2D eigenvalue weighted by atomic mass is 9.88. The summed E-state index contributed by atoms with van der Waals surface area (Å²) >= 11 is 0. The van der Waals surface area contributed by atoms with E-state index in [1.165, 1.54) is 0 Å². The second kappa shape index (κ2) is 4.53. The molecule has 1 aliphatic rings. The third kappa shape index (κ3) is 3.21. The van der Waals surface area contributed by atoms with E-state index in [1.54, 1.807) is 0 Å². The van der Waals surface area contributed by atoms with E-state index < -0.39 is 23.9 Å². The van der Waals surface area contributed by atoms with Crippen molar-refractivity contribution in [2.75, 3.05) is 13.1 Å². The molecule has 0 aromatic rings. The van der Waals surface area contributed by atoms with E-state index in [0.29, 0.717) is 0 Å². The van der Waals surface area contributed by atoms with Crippen LogP contribution in [0.4, 0.5) is 8.78 Å². The number of alkyl halides is 2. The zero-order chi connectivity index (χ0) is 11.6. The van der Waals surface area contributed by atoms with E-state index in [9.17, 15) is 13.6 Å². The summed E-state index contributed by atoms with van der Waals surface area (Å²) in [4.78, 5) is 11.8. The standard InChI is InChI=1S/C10H18F2N2O/c1-10(2,3)7(15)9-13-4-6(5-14-9)8(11)12/h6,8-9,13-14H,4-5H2,1-3H3. The minimum Gasteiger partial charge on any atom is -0.296 e. The van der Waals surface area contributed by atoms with E-state index in [0.717, 1.165) is 0 Å². The van der Waals surface area contributed by atoms with Crippen molar-refractivity contribution in [2.45, 2.75) is 33.4 Å². The van der Waals surface area contributed by atoms with Gasteiger partial charge in [0.1, 0.15) is 6.17 Å². The van der Waals surface area contributed by atoms with Crippen LogP contribution in [0.15, 0.2) is 0 Å². The fourth-order valence-corrected chi connectivity index (χ4v) is 1.48. The first kappa shape index (κ1) is 12.5.